The molecule has 2 heterocycles. The van der Waals surface area contributed by atoms with E-state index >= 15 is 0 Å². The number of hydrogen-bond acceptors (Lipinski definition) is 4. The van der Waals surface area contributed by atoms with Gasteiger partial charge in [0.15, 0.2) is 17.7 Å². The molecule has 0 bridgehead atoms. The summed E-state index contributed by atoms with van der Waals surface area (Å²) < 4.78 is 44.3. The lowest BCUT2D eigenvalue weighted by Gasteiger charge is -2.28. The summed E-state index contributed by atoms with van der Waals surface area (Å²) in [5.74, 6) is -0.440. The van der Waals surface area contributed by atoms with Crippen LogP contribution < -0.4 is 16.2 Å². The van der Waals surface area contributed by atoms with Crippen LogP contribution in [0.5, 0.6) is 5.75 Å². The Morgan fingerprint density at radius 3 is 2.64 bits per heavy atom. The second kappa shape index (κ2) is 4.84. The monoisotopic (exact) mass is 329 g/mol. The summed E-state index contributed by atoms with van der Waals surface area (Å²) in [6.45, 7) is 0. The number of rotatable bonds is 1. The zero-order valence-corrected chi connectivity index (χ0v) is 11.8. The van der Waals surface area contributed by atoms with Gasteiger partial charge in [0.1, 0.15) is 5.54 Å². The van der Waals surface area contributed by atoms with Crippen LogP contribution in [-0.4, -0.2) is 11.2 Å². The topological polar surface area (TPSA) is 74.2 Å². The van der Waals surface area contributed by atoms with E-state index in [1.54, 1.807) is 24.3 Å². The molecule has 0 saturated heterocycles. The van der Waals surface area contributed by atoms with Crippen LogP contribution >= 0.6 is 11.6 Å². The average Bonchev–Trinajstić information content (AvgIpc) is 2.71. The summed E-state index contributed by atoms with van der Waals surface area (Å²) in [6, 6.07) is 7.83. The minimum atomic E-state index is -4.66. The highest BCUT2D eigenvalue weighted by Gasteiger charge is 2.50. The van der Waals surface area contributed by atoms with Crippen molar-refractivity contribution in [3.8, 4) is 5.75 Å². The summed E-state index contributed by atoms with van der Waals surface area (Å²) in [5.41, 5.74) is 10.2. The van der Waals surface area contributed by atoms with Crippen molar-refractivity contribution in [3.05, 3.63) is 58.4 Å². The minimum absolute atomic E-state index is 0.129. The maximum Gasteiger partial charge on any atom is 0.437 e. The molecule has 1 aromatic heterocycles. The number of halogens is 4. The molecule has 116 valence electrons. The molecule has 3 rings (SSSR count). The number of benzene rings is 1. The van der Waals surface area contributed by atoms with E-state index in [2.05, 4.69) is 4.98 Å². The van der Waals surface area contributed by atoms with Crippen LogP contribution in [0.25, 0.3) is 0 Å². The fourth-order valence-electron chi connectivity index (χ4n) is 2.53. The van der Waals surface area contributed by atoms with Crippen LogP contribution in [0, 0.1) is 0 Å². The molecular formula is C14H11ClF3N3O. The van der Waals surface area contributed by atoms with Crippen LogP contribution in [0.2, 0.25) is 5.02 Å². The molecule has 1 aromatic carbocycles. The number of ether oxygens (including phenoxy) is 1. The van der Waals surface area contributed by atoms with Gasteiger partial charge in [0.2, 0.25) is 0 Å². The van der Waals surface area contributed by atoms with Crippen molar-refractivity contribution >= 4 is 11.6 Å². The van der Waals surface area contributed by atoms with Gasteiger partial charge in [0, 0.05) is 16.8 Å². The first kappa shape index (κ1) is 15.1. The van der Waals surface area contributed by atoms with Gasteiger partial charge in [0.25, 0.3) is 0 Å². The van der Waals surface area contributed by atoms with Crippen molar-refractivity contribution in [2.45, 2.75) is 17.9 Å². The second-order valence-electron chi connectivity index (χ2n) is 4.95. The van der Waals surface area contributed by atoms with E-state index in [-0.39, 0.29) is 5.56 Å². The molecule has 1 aliphatic heterocycles. The predicted octanol–water partition coefficient (Wildman–Crippen LogP) is 2.63. The Bertz CT molecular complexity index is 738. The number of nitrogens with zero attached hydrogens (tertiary/aromatic N) is 1. The second-order valence-corrected chi connectivity index (χ2v) is 5.39. The van der Waals surface area contributed by atoms with Crippen LogP contribution in [-0.2, 0) is 11.7 Å². The van der Waals surface area contributed by atoms with Crippen molar-refractivity contribution in [2.24, 2.45) is 11.5 Å². The summed E-state index contributed by atoms with van der Waals surface area (Å²) in [5, 5.41) is 0.396. The first-order chi connectivity index (χ1) is 10.2. The molecule has 4 nitrogen and oxygen atoms in total. The van der Waals surface area contributed by atoms with Crippen LogP contribution in [0.4, 0.5) is 13.2 Å². The van der Waals surface area contributed by atoms with Gasteiger partial charge in [0.05, 0.1) is 0 Å². The Kier molecular flexibility index (Phi) is 3.32. The molecule has 0 spiro atoms. The smallest absolute Gasteiger partial charge is 0.437 e. The quantitative estimate of drug-likeness (QED) is 0.843. The lowest BCUT2D eigenvalue weighted by Crippen LogP contribution is -2.52. The molecule has 0 amide bonds. The molecule has 22 heavy (non-hydrogen) atoms. The Hall–Kier alpha value is -1.83. The molecule has 2 aromatic rings. The van der Waals surface area contributed by atoms with Crippen molar-refractivity contribution < 1.29 is 17.9 Å². The molecule has 0 radical (unpaired) electrons. The van der Waals surface area contributed by atoms with Gasteiger partial charge in [-0.1, -0.05) is 23.7 Å². The molecule has 8 heteroatoms. The number of pyridine rings is 1. The molecule has 0 saturated carbocycles. The van der Waals surface area contributed by atoms with Crippen LogP contribution in [0.15, 0.2) is 36.5 Å². The highest BCUT2D eigenvalue weighted by molar-refractivity contribution is 6.30. The maximum absolute atomic E-state index is 13.0. The van der Waals surface area contributed by atoms with E-state index in [0.717, 1.165) is 6.20 Å². The third kappa shape index (κ3) is 2.13. The normalized spacial score (nSPS) is 24.0. The third-order valence-corrected chi connectivity index (χ3v) is 3.85. The highest BCUT2D eigenvalue weighted by Crippen LogP contribution is 2.47. The van der Waals surface area contributed by atoms with Gasteiger partial charge >= 0.3 is 6.18 Å². The zero-order chi connectivity index (χ0) is 16.1. The third-order valence-electron chi connectivity index (χ3n) is 3.61. The minimum Gasteiger partial charge on any atom is -0.470 e. The van der Waals surface area contributed by atoms with E-state index < -0.39 is 29.4 Å². The molecule has 0 aliphatic carbocycles. The Morgan fingerprint density at radius 2 is 2.00 bits per heavy atom. The van der Waals surface area contributed by atoms with E-state index in [9.17, 15) is 13.2 Å². The molecule has 1 aliphatic rings. The van der Waals surface area contributed by atoms with E-state index in [0.29, 0.717) is 10.6 Å². The average molecular weight is 330 g/mol. The van der Waals surface area contributed by atoms with Gasteiger partial charge in [-0.3, -0.25) is 5.73 Å². The van der Waals surface area contributed by atoms with Crippen molar-refractivity contribution in [1.82, 2.24) is 4.98 Å². The fraction of sp³-hybridized carbons (Fsp3) is 0.214. The SMILES string of the molecule is NC1Oc2c(ccnc2C(F)(F)F)C1(N)c1cccc(Cl)c1. The van der Waals surface area contributed by atoms with Crippen molar-refractivity contribution in [3.63, 3.8) is 0 Å². The number of aromatic nitrogens is 1. The number of hydrogen-bond donors (Lipinski definition) is 2. The summed E-state index contributed by atoms with van der Waals surface area (Å²) in [6.07, 6.45) is -4.81. The summed E-state index contributed by atoms with van der Waals surface area (Å²) in [7, 11) is 0. The van der Waals surface area contributed by atoms with E-state index in [1.807, 2.05) is 0 Å². The highest BCUT2D eigenvalue weighted by atomic mass is 35.5. The van der Waals surface area contributed by atoms with Crippen molar-refractivity contribution in [1.29, 1.82) is 0 Å². The molecule has 4 N–H and O–H groups in total. The van der Waals surface area contributed by atoms with Crippen molar-refractivity contribution in [2.75, 3.05) is 0 Å². The van der Waals surface area contributed by atoms with Crippen LogP contribution in [0.3, 0.4) is 0 Å². The molecular weight excluding hydrogens is 319 g/mol. The van der Waals surface area contributed by atoms with Gasteiger partial charge < -0.3 is 10.5 Å². The van der Waals surface area contributed by atoms with Crippen LogP contribution in [0.1, 0.15) is 16.8 Å². The zero-order valence-electron chi connectivity index (χ0n) is 11.1. The van der Waals surface area contributed by atoms with E-state index in [4.69, 9.17) is 27.8 Å². The summed E-state index contributed by atoms with van der Waals surface area (Å²) in [4.78, 5) is 3.35. The lowest BCUT2D eigenvalue weighted by molar-refractivity contribution is -0.142. The maximum atomic E-state index is 13.0. The number of fused-ring (bicyclic) bond motifs is 1. The number of alkyl halides is 3. The Labute approximate surface area is 128 Å². The lowest BCUT2D eigenvalue weighted by atomic mass is 9.84. The van der Waals surface area contributed by atoms with Gasteiger partial charge in [-0.05, 0) is 23.8 Å². The standard InChI is InChI=1S/C14H11ClF3N3O/c15-8-3-1-2-7(6-8)13(20)9-4-5-21-11(14(16,17)18)10(9)22-12(13)19/h1-6,12H,19-20H2. The molecule has 2 unspecified atom stereocenters. The van der Waals surface area contributed by atoms with Gasteiger partial charge in [-0.25, -0.2) is 4.98 Å². The fourth-order valence-corrected chi connectivity index (χ4v) is 2.72. The number of nitrogens with two attached hydrogens (primary N) is 2. The predicted molar refractivity (Wildman–Crippen MR) is 74.3 cm³/mol. The van der Waals surface area contributed by atoms with Gasteiger partial charge in [-0.2, -0.15) is 13.2 Å². The summed E-state index contributed by atoms with van der Waals surface area (Å²) >= 11 is 5.93. The Morgan fingerprint density at radius 1 is 1.27 bits per heavy atom. The molecule has 0 fully saturated rings. The van der Waals surface area contributed by atoms with E-state index in [1.165, 1.54) is 6.07 Å². The largest absolute Gasteiger partial charge is 0.470 e. The first-order valence-corrected chi connectivity index (χ1v) is 6.66. The first-order valence-electron chi connectivity index (χ1n) is 6.28. The van der Waals surface area contributed by atoms with Gasteiger partial charge in [-0.15, -0.1) is 0 Å². The Balaban J connectivity index is 2.23. The molecule has 2 atom stereocenters.